The maximum Gasteiger partial charge on any atom is 0.227 e. The monoisotopic (exact) mass is 376 g/mol. The number of carbonyl (C=O) groups excluding carboxylic acids is 1. The van der Waals surface area contributed by atoms with Crippen LogP contribution in [-0.2, 0) is 11.2 Å². The number of nitrogens with zero attached hydrogens (tertiary/aromatic N) is 4. The second-order valence-corrected chi connectivity index (χ2v) is 7.00. The zero-order valence-corrected chi connectivity index (χ0v) is 16.3. The van der Waals surface area contributed by atoms with Crippen molar-refractivity contribution in [2.75, 3.05) is 38.2 Å². The summed E-state index contributed by atoms with van der Waals surface area (Å²) in [4.78, 5) is 25.7. The zero-order chi connectivity index (χ0) is 19.5. The quantitative estimate of drug-likeness (QED) is 0.701. The van der Waals surface area contributed by atoms with Crippen molar-refractivity contribution in [3.8, 4) is 5.88 Å². The van der Waals surface area contributed by atoms with E-state index in [0.29, 0.717) is 31.2 Å². The van der Waals surface area contributed by atoms with Crippen LogP contribution in [0.3, 0.4) is 0 Å². The molecule has 2 heterocycles. The first-order valence-corrected chi connectivity index (χ1v) is 9.53. The fraction of sp³-hybridized carbons (Fsp3) is 0.318. The van der Waals surface area contributed by atoms with Crippen LogP contribution in [0.5, 0.6) is 5.88 Å². The largest absolute Gasteiger partial charge is 0.481 e. The van der Waals surface area contributed by atoms with Gasteiger partial charge in [0.15, 0.2) is 0 Å². The zero-order valence-electron chi connectivity index (χ0n) is 16.3. The van der Waals surface area contributed by atoms with E-state index in [1.807, 2.05) is 42.2 Å². The Labute approximate surface area is 164 Å². The number of carbonyl (C=O) groups is 1. The summed E-state index contributed by atoms with van der Waals surface area (Å²) >= 11 is 0. The highest BCUT2D eigenvalue weighted by Crippen LogP contribution is 2.21. The molecule has 0 bridgehead atoms. The number of aryl methyl sites for hydroxylation is 1. The molecule has 0 saturated carbocycles. The molecule has 144 valence electrons. The van der Waals surface area contributed by atoms with Gasteiger partial charge in [-0.25, -0.2) is 4.98 Å². The van der Waals surface area contributed by atoms with Gasteiger partial charge in [-0.05, 0) is 23.3 Å². The Morgan fingerprint density at radius 1 is 1.04 bits per heavy atom. The Kier molecular flexibility index (Phi) is 5.10. The van der Waals surface area contributed by atoms with Crippen molar-refractivity contribution in [3.05, 3.63) is 59.9 Å². The number of anilines is 1. The van der Waals surface area contributed by atoms with E-state index in [2.05, 4.69) is 33.1 Å². The van der Waals surface area contributed by atoms with Crippen molar-refractivity contribution in [2.24, 2.45) is 0 Å². The van der Waals surface area contributed by atoms with Crippen LogP contribution in [0.2, 0.25) is 0 Å². The normalized spacial score (nSPS) is 14.4. The topological polar surface area (TPSA) is 58.6 Å². The molecular formula is C22H24N4O2. The van der Waals surface area contributed by atoms with Crippen molar-refractivity contribution < 1.29 is 9.53 Å². The van der Waals surface area contributed by atoms with Crippen LogP contribution in [0, 0.1) is 6.92 Å². The Morgan fingerprint density at radius 2 is 1.79 bits per heavy atom. The van der Waals surface area contributed by atoms with Crippen molar-refractivity contribution in [1.82, 2.24) is 14.9 Å². The summed E-state index contributed by atoms with van der Waals surface area (Å²) in [5.74, 6) is 2.28. The van der Waals surface area contributed by atoms with Crippen LogP contribution in [-0.4, -0.2) is 54.1 Å². The van der Waals surface area contributed by atoms with Crippen LogP contribution >= 0.6 is 0 Å². The van der Waals surface area contributed by atoms with Crippen molar-refractivity contribution in [3.63, 3.8) is 0 Å². The number of aromatic nitrogens is 2. The lowest BCUT2D eigenvalue weighted by atomic mass is 10.0. The molecule has 0 atom stereocenters. The van der Waals surface area contributed by atoms with Crippen LogP contribution in [0.15, 0.2) is 48.5 Å². The van der Waals surface area contributed by atoms with Gasteiger partial charge in [0.25, 0.3) is 0 Å². The number of benzene rings is 2. The Morgan fingerprint density at radius 3 is 2.57 bits per heavy atom. The van der Waals surface area contributed by atoms with E-state index in [1.165, 1.54) is 5.39 Å². The number of methoxy groups -OCH3 is 1. The van der Waals surface area contributed by atoms with Gasteiger partial charge in [0.2, 0.25) is 11.8 Å². The first-order valence-electron chi connectivity index (χ1n) is 9.53. The maximum absolute atomic E-state index is 12.9. The van der Waals surface area contributed by atoms with Gasteiger partial charge in [-0.1, -0.05) is 42.5 Å². The molecule has 0 spiro atoms. The van der Waals surface area contributed by atoms with E-state index in [1.54, 1.807) is 7.11 Å². The second kappa shape index (κ2) is 7.84. The highest BCUT2D eigenvalue weighted by Gasteiger charge is 2.23. The van der Waals surface area contributed by atoms with E-state index < -0.39 is 0 Å². The third kappa shape index (κ3) is 3.76. The van der Waals surface area contributed by atoms with Crippen molar-refractivity contribution in [2.45, 2.75) is 13.3 Å². The Hall–Kier alpha value is -3.15. The summed E-state index contributed by atoms with van der Waals surface area (Å²) in [5.41, 5.74) is 1.08. The summed E-state index contributed by atoms with van der Waals surface area (Å²) in [6.07, 6.45) is 0.432. The molecule has 1 aliphatic rings. The van der Waals surface area contributed by atoms with Crippen LogP contribution < -0.4 is 9.64 Å². The molecule has 1 fully saturated rings. The number of fused-ring (bicyclic) bond motifs is 1. The summed E-state index contributed by atoms with van der Waals surface area (Å²) in [5, 5.41) is 2.33. The van der Waals surface area contributed by atoms with Gasteiger partial charge >= 0.3 is 0 Å². The molecule has 1 amide bonds. The van der Waals surface area contributed by atoms with Crippen LogP contribution in [0.1, 0.15) is 11.4 Å². The molecule has 3 aromatic rings. The lowest BCUT2D eigenvalue weighted by Gasteiger charge is -2.35. The highest BCUT2D eigenvalue weighted by molar-refractivity contribution is 5.90. The molecule has 0 aliphatic carbocycles. The van der Waals surface area contributed by atoms with Crippen molar-refractivity contribution >= 4 is 22.5 Å². The lowest BCUT2D eigenvalue weighted by Crippen LogP contribution is -2.49. The SMILES string of the molecule is COc1cc(N2CCN(C(=O)Cc3cccc4ccccc34)CC2)nc(C)n1. The molecule has 0 N–H and O–H groups in total. The molecule has 2 aromatic carbocycles. The van der Waals surface area contributed by atoms with Gasteiger partial charge < -0.3 is 14.5 Å². The molecule has 6 heteroatoms. The van der Waals surface area contributed by atoms with E-state index in [9.17, 15) is 4.79 Å². The number of hydrogen-bond acceptors (Lipinski definition) is 5. The minimum absolute atomic E-state index is 0.174. The van der Waals surface area contributed by atoms with Gasteiger partial charge in [-0.3, -0.25) is 4.79 Å². The predicted octanol–water partition coefficient (Wildman–Crippen LogP) is 2.84. The molecule has 1 aromatic heterocycles. The van der Waals surface area contributed by atoms with Crippen molar-refractivity contribution in [1.29, 1.82) is 0 Å². The maximum atomic E-state index is 12.9. The molecular weight excluding hydrogens is 352 g/mol. The molecule has 1 saturated heterocycles. The van der Waals surface area contributed by atoms with Gasteiger partial charge in [0, 0.05) is 32.2 Å². The fourth-order valence-corrected chi connectivity index (χ4v) is 3.70. The molecule has 6 nitrogen and oxygen atoms in total. The minimum atomic E-state index is 0.174. The Bertz CT molecular complexity index is 991. The summed E-state index contributed by atoms with van der Waals surface area (Å²) in [6, 6.07) is 16.2. The van der Waals surface area contributed by atoms with Gasteiger partial charge in [-0.2, -0.15) is 4.98 Å². The second-order valence-electron chi connectivity index (χ2n) is 7.00. The number of piperazine rings is 1. The van der Waals surface area contributed by atoms with E-state index in [0.717, 1.165) is 29.9 Å². The molecule has 0 unspecified atom stereocenters. The summed E-state index contributed by atoms with van der Waals surface area (Å²) < 4.78 is 5.25. The predicted molar refractivity (Wildman–Crippen MR) is 110 cm³/mol. The fourth-order valence-electron chi connectivity index (χ4n) is 3.70. The molecule has 4 rings (SSSR count). The van der Waals surface area contributed by atoms with Gasteiger partial charge in [0.05, 0.1) is 13.5 Å². The number of rotatable bonds is 4. The first kappa shape index (κ1) is 18.2. The third-order valence-corrected chi connectivity index (χ3v) is 5.19. The van der Waals surface area contributed by atoms with Gasteiger partial charge in [-0.15, -0.1) is 0 Å². The van der Waals surface area contributed by atoms with E-state index in [4.69, 9.17) is 4.74 Å². The molecule has 0 radical (unpaired) electrons. The number of ether oxygens (including phenoxy) is 1. The first-order chi connectivity index (χ1) is 13.6. The molecule has 1 aliphatic heterocycles. The standard InChI is InChI=1S/C22H24N4O2/c1-16-23-20(15-21(24-16)28-2)25-10-12-26(13-11-25)22(27)14-18-8-5-7-17-6-3-4-9-19(17)18/h3-9,15H,10-14H2,1-2H3. The highest BCUT2D eigenvalue weighted by atomic mass is 16.5. The smallest absolute Gasteiger partial charge is 0.227 e. The minimum Gasteiger partial charge on any atom is -0.481 e. The number of hydrogen-bond donors (Lipinski definition) is 0. The van der Waals surface area contributed by atoms with Gasteiger partial charge in [0.1, 0.15) is 11.6 Å². The van der Waals surface area contributed by atoms with Crippen LogP contribution in [0.4, 0.5) is 5.82 Å². The van der Waals surface area contributed by atoms with E-state index >= 15 is 0 Å². The summed E-state index contributed by atoms with van der Waals surface area (Å²) in [6.45, 7) is 4.74. The average Bonchev–Trinajstić information content (AvgIpc) is 2.73. The van der Waals surface area contributed by atoms with E-state index in [-0.39, 0.29) is 5.91 Å². The average molecular weight is 376 g/mol. The Balaban J connectivity index is 1.42. The third-order valence-electron chi connectivity index (χ3n) is 5.19. The van der Waals surface area contributed by atoms with Crippen LogP contribution in [0.25, 0.3) is 10.8 Å². The number of amides is 1. The molecule has 28 heavy (non-hydrogen) atoms. The summed E-state index contributed by atoms with van der Waals surface area (Å²) in [7, 11) is 1.61. The lowest BCUT2D eigenvalue weighted by molar-refractivity contribution is -0.130.